The number of carbonyl (C=O) groups is 1. The Morgan fingerprint density at radius 3 is 1.95 bits per heavy atom. The van der Waals surface area contributed by atoms with Gasteiger partial charge in [0.1, 0.15) is 6.61 Å². The first-order valence-corrected chi connectivity index (χ1v) is 7.05. The van der Waals surface area contributed by atoms with Crippen molar-refractivity contribution in [3.05, 3.63) is 0 Å². The van der Waals surface area contributed by atoms with Crippen molar-refractivity contribution in [3.63, 3.8) is 0 Å². The van der Waals surface area contributed by atoms with Crippen LogP contribution in [0.15, 0.2) is 0 Å². The maximum atomic E-state index is 11.2. The zero-order valence-electron chi connectivity index (χ0n) is 12.7. The van der Waals surface area contributed by atoms with Gasteiger partial charge >= 0.3 is 0 Å². The van der Waals surface area contributed by atoms with E-state index in [4.69, 9.17) is 14.2 Å². The molecule has 5 nitrogen and oxygen atoms in total. The largest absolute Gasteiger partial charge is 0.379 e. The van der Waals surface area contributed by atoms with E-state index in [1.54, 1.807) is 0 Å². The minimum atomic E-state index is -0.0907. The van der Waals surface area contributed by atoms with Crippen molar-refractivity contribution < 1.29 is 19.0 Å². The summed E-state index contributed by atoms with van der Waals surface area (Å²) in [7, 11) is 0. The summed E-state index contributed by atoms with van der Waals surface area (Å²) >= 11 is 0. The molecule has 0 unspecified atom stereocenters. The van der Waals surface area contributed by atoms with Crippen LogP contribution in [0, 0.1) is 5.92 Å². The summed E-state index contributed by atoms with van der Waals surface area (Å²) in [6.45, 7) is 11.2. The number of ether oxygens (including phenoxy) is 3. The topological polar surface area (TPSA) is 56.8 Å². The Morgan fingerprint density at radius 2 is 1.42 bits per heavy atom. The first kappa shape index (κ1) is 18.4. The van der Waals surface area contributed by atoms with Gasteiger partial charge in [-0.2, -0.15) is 0 Å². The van der Waals surface area contributed by atoms with Crippen LogP contribution in [0.4, 0.5) is 0 Å². The minimum Gasteiger partial charge on any atom is -0.379 e. The van der Waals surface area contributed by atoms with E-state index >= 15 is 0 Å². The maximum absolute atomic E-state index is 11.2. The van der Waals surface area contributed by atoms with E-state index in [9.17, 15) is 4.79 Å². The van der Waals surface area contributed by atoms with E-state index in [2.05, 4.69) is 19.2 Å². The molecule has 0 aromatic carbocycles. The highest BCUT2D eigenvalue weighted by Crippen LogP contribution is 1.98. The lowest BCUT2D eigenvalue weighted by Gasteiger charge is -2.09. The second-order valence-electron chi connectivity index (χ2n) is 5.18. The van der Waals surface area contributed by atoms with Crippen LogP contribution < -0.4 is 5.32 Å². The van der Waals surface area contributed by atoms with Gasteiger partial charge in [-0.3, -0.25) is 4.79 Å². The normalized spacial score (nSPS) is 11.3. The van der Waals surface area contributed by atoms with Crippen molar-refractivity contribution in [2.24, 2.45) is 5.92 Å². The Bertz CT molecular complexity index is 219. The molecule has 5 heteroatoms. The van der Waals surface area contributed by atoms with Gasteiger partial charge in [0.15, 0.2) is 0 Å². The average molecular weight is 275 g/mol. The Balaban J connectivity index is 3.13. The summed E-state index contributed by atoms with van der Waals surface area (Å²) in [5, 5.41) is 2.75. The Hall–Kier alpha value is -0.650. The molecule has 114 valence electrons. The van der Waals surface area contributed by atoms with E-state index in [-0.39, 0.29) is 18.6 Å². The van der Waals surface area contributed by atoms with Crippen molar-refractivity contribution in [2.75, 3.05) is 39.6 Å². The molecule has 0 fully saturated rings. The molecule has 0 atom stereocenters. The average Bonchev–Trinajstić information content (AvgIpc) is 2.30. The van der Waals surface area contributed by atoms with Crippen molar-refractivity contribution in [2.45, 2.75) is 40.2 Å². The molecule has 0 radical (unpaired) electrons. The van der Waals surface area contributed by atoms with Gasteiger partial charge in [0.2, 0.25) is 5.91 Å². The third-order valence-electron chi connectivity index (χ3n) is 2.27. The molecule has 19 heavy (non-hydrogen) atoms. The highest BCUT2D eigenvalue weighted by Gasteiger charge is 2.02. The van der Waals surface area contributed by atoms with Crippen LogP contribution in [0.1, 0.15) is 34.1 Å². The summed E-state index contributed by atoms with van der Waals surface area (Å²) in [6.07, 6.45) is 1.08. The van der Waals surface area contributed by atoms with Gasteiger partial charge in [-0.05, 0) is 26.2 Å². The summed E-state index contributed by atoms with van der Waals surface area (Å²) in [6, 6.07) is 0.148. The van der Waals surface area contributed by atoms with Crippen molar-refractivity contribution in [1.29, 1.82) is 0 Å². The van der Waals surface area contributed by atoms with E-state index in [0.717, 1.165) is 13.0 Å². The molecule has 0 aliphatic heterocycles. The number of amides is 1. The zero-order valence-corrected chi connectivity index (χ0v) is 12.7. The number of hydrogen-bond donors (Lipinski definition) is 1. The molecule has 0 saturated heterocycles. The molecule has 0 aromatic heterocycles. The molecule has 0 bridgehead atoms. The first-order chi connectivity index (χ1) is 9.02. The SMILES string of the molecule is CC(C)CCOCCOCCOCC(=O)NC(C)C. The Morgan fingerprint density at radius 1 is 0.895 bits per heavy atom. The highest BCUT2D eigenvalue weighted by atomic mass is 16.5. The van der Waals surface area contributed by atoms with Gasteiger partial charge in [0.05, 0.1) is 26.4 Å². The standard InChI is InChI=1S/C14H29NO4/c1-12(2)5-6-17-7-8-18-9-10-19-11-14(16)15-13(3)4/h12-13H,5-11H2,1-4H3,(H,15,16). The molecule has 0 rings (SSSR count). The summed E-state index contributed by atoms with van der Waals surface area (Å²) in [4.78, 5) is 11.2. The van der Waals surface area contributed by atoms with Gasteiger partial charge < -0.3 is 19.5 Å². The third kappa shape index (κ3) is 15.3. The van der Waals surface area contributed by atoms with E-state index in [0.29, 0.717) is 32.3 Å². The van der Waals surface area contributed by atoms with E-state index in [1.165, 1.54) is 0 Å². The first-order valence-electron chi connectivity index (χ1n) is 7.05. The van der Waals surface area contributed by atoms with Gasteiger partial charge in [0, 0.05) is 12.6 Å². The van der Waals surface area contributed by atoms with Gasteiger partial charge in [-0.25, -0.2) is 0 Å². The van der Waals surface area contributed by atoms with Gasteiger partial charge in [-0.15, -0.1) is 0 Å². The lowest BCUT2D eigenvalue weighted by molar-refractivity contribution is -0.126. The van der Waals surface area contributed by atoms with Crippen molar-refractivity contribution >= 4 is 5.91 Å². The van der Waals surface area contributed by atoms with Crippen LogP contribution in [0.2, 0.25) is 0 Å². The smallest absolute Gasteiger partial charge is 0.246 e. The van der Waals surface area contributed by atoms with E-state index < -0.39 is 0 Å². The number of nitrogens with one attached hydrogen (secondary N) is 1. The summed E-state index contributed by atoms with van der Waals surface area (Å²) < 4.78 is 15.9. The molecule has 0 aromatic rings. The Kier molecular flexibility index (Phi) is 12.0. The third-order valence-corrected chi connectivity index (χ3v) is 2.27. The second kappa shape index (κ2) is 12.4. The number of hydrogen-bond acceptors (Lipinski definition) is 4. The van der Waals surface area contributed by atoms with Crippen LogP contribution in [0.5, 0.6) is 0 Å². The van der Waals surface area contributed by atoms with Crippen LogP contribution in [0.3, 0.4) is 0 Å². The van der Waals surface area contributed by atoms with Gasteiger partial charge in [0.25, 0.3) is 0 Å². The summed E-state index contributed by atoms with van der Waals surface area (Å²) in [5.41, 5.74) is 0. The molecular formula is C14H29NO4. The molecule has 1 amide bonds. The predicted octanol–water partition coefficient (Wildman–Crippen LogP) is 1.61. The monoisotopic (exact) mass is 275 g/mol. The lowest BCUT2D eigenvalue weighted by Crippen LogP contribution is -2.33. The molecule has 0 aliphatic rings. The Labute approximate surface area is 117 Å². The minimum absolute atomic E-state index is 0.0897. The summed E-state index contributed by atoms with van der Waals surface area (Å²) in [5.74, 6) is 0.582. The van der Waals surface area contributed by atoms with Gasteiger partial charge in [-0.1, -0.05) is 13.8 Å². The fourth-order valence-corrected chi connectivity index (χ4v) is 1.29. The second-order valence-corrected chi connectivity index (χ2v) is 5.18. The fourth-order valence-electron chi connectivity index (χ4n) is 1.29. The number of rotatable bonds is 12. The molecule has 0 spiro atoms. The maximum Gasteiger partial charge on any atom is 0.246 e. The van der Waals surface area contributed by atoms with E-state index in [1.807, 2.05) is 13.8 Å². The molecule has 0 heterocycles. The highest BCUT2D eigenvalue weighted by molar-refractivity contribution is 5.77. The number of carbonyl (C=O) groups excluding carboxylic acids is 1. The van der Waals surface area contributed by atoms with Crippen LogP contribution in [-0.4, -0.2) is 51.6 Å². The zero-order chi connectivity index (χ0) is 14.5. The van der Waals surface area contributed by atoms with Crippen molar-refractivity contribution in [1.82, 2.24) is 5.32 Å². The lowest BCUT2D eigenvalue weighted by atomic mass is 10.1. The molecule has 0 aliphatic carbocycles. The van der Waals surface area contributed by atoms with Crippen LogP contribution >= 0.6 is 0 Å². The van der Waals surface area contributed by atoms with Crippen LogP contribution in [0.25, 0.3) is 0 Å². The van der Waals surface area contributed by atoms with Crippen LogP contribution in [-0.2, 0) is 19.0 Å². The predicted molar refractivity (Wildman–Crippen MR) is 75.2 cm³/mol. The molecule has 0 saturated carbocycles. The molecular weight excluding hydrogens is 246 g/mol. The van der Waals surface area contributed by atoms with Crippen molar-refractivity contribution in [3.8, 4) is 0 Å². The fraction of sp³-hybridized carbons (Fsp3) is 0.929. The molecule has 1 N–H and O–H groups in total. The quantitative estimate of drug-likeness (QED) is 0.550.